The summed E-state index contributed by atoms with van der Waals surface area (Å²) in [5.41, 5.74) is 8.87. The highest BCUT2D eigenvalue weighted by molar-refractivity contribution is 5.38. The number of aromatic nitrogens is 2. The molecule has 1 aromatic heterocycles. The van der Waals surface area contributed by atoms with Crippen LogP contribution >= 0.6 is 0 Å². The van der Waals surface area contributed by atoms with E-state index in [2.05, 4.69) is 62.5 Å². The van der Waals surface area contributed by atoms with Crippen molar-refractivity contribution in [2.75, 3.05) is 0 Å². The third-order valence-corrected chi connectivity index (χ3v) is 4.13. The average molecular weight is 286 g/mol. The Balaban J connectivity index is 2.42. The van der Waals surface area contributed by atoms with E-state index in [4.69, 9.17) is 5.84 Å². The number of benzene rings is 1. The summed E-state index contributed by atoms with van der Waals surface area (Å²) >= 11 is 0. The number of hydrogen-bond donors (Lipinski definition) is 2. The highest BCUT2D eigenvalue weighted by Gasteiger charge is 2.21. The number of rotatable bonds is 3. The summed E-state index contributed by atoms with van der Waals surface area (Å²) in [5, 5.41) is 4.48. The van der Waals surface area contributed by atoms with E-state index in [-0.39, 0.29) is 11.5 Å². The van der Waals surface area contributed by atoms with Gasteiger partial charge in [-0.25, -0.2) is 5.43 Å². The average Bonchev–Trinajstić information content (AvgIpc) is 2.66. The van der Waals surface area contributed by atoms with Crippen LogP contribution in [0.2, 0.25) is 0 Å². The Kier molecular flexibility index (Phi) is 4.21. The van der Waals surface area contributed by atoms with Gasteiger partial charge in [-0.15, -0.1) is 0 Å². The van der Waals surface area contributed by atoms with Crippen molar-refractivity contribution in [3.8, 4) is 0 Å². The van der Waals surface area contributed by atoms with E-state index in [1.807, 2.05) is 18.7 Å². The molecule has 3 N–H and O–H groups in total. The highest BCUT2D eigenvalue weighted by Crippen LogP contribution is 2.29. The second-order valence-corrected chi connectivity index (χ2v) is 6.68. The zero-order valence-corrected chi connectivity index (χ0v) is 13.9. The van der Waals surface area contributed by atoms with Crippen molar-refractivity contribution in [3.63, 3.8) is 0 Å². The number of nitrogens with zero attached hydrogens (tertiary/aromatic N) is 2. The van der Waals surface area contributed by atoms with Crippen molar-refractivity contribution >= 4 is 0 Å². The molecule has 2 rings (SSSR count). The number of nitrogens with one attached hydrogen (secondary N) is 1. The van der Waals surface area contributed by atoms with Gasteiger partial charge in [0.25, 0.3) is 0 Å². The van der Waals surface area contributed by atoms with Gasteiger partial charge in [-0.3, -0.25) is 10.5 Å². The Morgan fingerprint density at radius 3 is 2.10 bits per heavy atom. The fourth-order valence-corrected chi connectivity index (χ4v) is 2.73. The van der Waals surface area contributed by atoms with Crippen molar-refractivity contribution in [2.24, 2.45) is 12.9 Å². The molecular weight excluding hydrogens is 260 g/mol. The molecule has 0 fully saturated rings. The first-order chi connectivity index (χ1) is 9.75. The molecule has 1 heterocycles. The molecule has 0 amide bonds. The normalized spacial score (nSPS) is 13.5. The maximum Gasteiger partial charge on any atom is 0.0746 e. The SMILES string of the molecule is Cc1nn(C)c(C)c1C(NN)c1ccc(C(C)(C)C)cc1. The van der Waals surface area contributed by atoms with E-state index in [1.54, 1.807) is 0 Å². The third-order valence-electron chi connectivity index (χ3n) is 4.13. The molecule has 4 nitrogen and oxygen atoms in total. The van der Waals surface area contributed by atoms with Gasteiger partial charge < -0.3 is 0 Å². The molecule has 0 spiro atoms. The van der Waals surface area contributed by atoms with E-state index in [0.717, 1.165) is 22.5 Å². The highest BCUT2D eigenvalue weighted by atomic mass is 15.3. The van der Waals surface area contributed by atoms with E-state index >= 15 is 0 Å². The number of nitrogens with two attached hydrogens (primary N) is 1. The first-order valence-electron chi connectivity index (χ1n) is 7.32. The lowest BCUT2D eigenvalue weighted by Gasteiger charge is -2.22. The van der Waals surface area contributed by atoms with Crippen LogP contribution in [0.25, 0.3) is 0 Å². The Morgan fingerprint density at radius 2 is 1.71 bits per heavy atom. The van der Waals surface area contributed by atoms with Gasteiger partial charge in [-0.2, -0.15) is 5.10 Å². The number of hydrogen-bond acceptors (Lipinski definition) is 3. The smallest absolute Gasteiger partial charge is 0.0746 e. The summed E-state index contributed by atoms with van der Waals surface area (Å²) in [6, 6.07) is 8.63. The first kappa shape index (κ1) is 15.7. The van der Waals surface area contributed by atoms with Gasteiger partial charge in [-0.1, -0.05) is 45.0 Å². The van der Waals surface area contributed by atoms with Crippen LogP contribution in [0.1, 0.15) is 54.9 Å². The van der Waals surface area contributed by atoms with Gasteiger partial charge in [0, 0.05) is 18.3 Å². The predicted octanol–water partition coefficient (Wildman–Crippen LogP) is 2.89. The molecule has 1 atom stereocenters. The van der Waals surface area contributed by atoms with Crippen LogP contribution < -0.4 is 11.3 Å². The molecule has 21 heavy (non-hydrogen) atoms. The number of aryl methyl sites for hydroxylation is 2. The van der Waals surface area contributed by atoms with E-state index in [1.165, 1.54) is 5.56 Å². The van der Waals surface area contributed by atoms with Crippen LogP contribution in [0.3, 0.4) is 0 Å². The number of hydrazine groups is 1. The van der Waals surface area contributed by atoms with Crippen molar-refractivity contribution in [2.45, 2.75) is 46.1 Å². The summed E-state index contributed by atoms with van der Waals surface area (Å²) in [4.78, 5) is 0. The Morgan fingerprint density at radius 1 is 1.14 bits per heavy atom. The zero-order valence-electron chi connectivity index (χ0n) is 13.9. The van der Waals surface area contributed by atoms with Crippen LogP contribution in [0.15, 0.2) is 24.3 Å². The Hall–Kier alpha value is -1.65. The summed E-state index contributed by atoms with van der Waals surface area (Å²) in [5.74, 6) is 5.82. The molecule has 0 aliphatic rings. The topological polar surface area (TPSA) is 55.9 Å². The summed E-state index contributed by atoms with van der Waals surface area (Å²) < 4.78 is 1.90. The minimum atomic E-state index is -0.0345. The van der Waals surface area contributed by atoms with Crippen molar-refractivity contribution < 1.29 is 0 Å². The minimum absolute atomic E-state index is 0.0345. The van der Waals surface area contributed by atoms with Crippen LogP contribution in [-0.2, 0) is 12.5 Å². The second kappa shape index (κ2) is 5.62. The summed E-state index contributed by atoms with van der Waals surface area (Å²) in [7, 11) is 1.96. The van der Waals surface area contributed by atoms with Crippen LogP contribution in [0.5, 0.6) is 0 Å². The van der Waals surface area contributed by atoms with E-state index in [9.17, 15) is 0 Å². The monoisotopic (exact) mass is 286 g/mol. The van der Waals surface area contributed by atoms with Crippen LogP contribution in [0, 0.1) is 13.8 Å². The summed E-state index contributed by atoms with van der Waals surface area (Å²) in [6.07, 6.45) is 0. The van der Waals surface area contributed by atoms with Gasteiger partial charge in [-0.05, 0) is 30.4 Å². The fourth-order valence-electron chi connectivity index (χ4n) is 2.73. The largest absolute Gasteiger partial charge is 0.272 e. The van der Waals surface area contributed by atoms with Gasteiger partial charge in [0.2, 0.25) is 0 Å². The van der Waals surface area contributed by atoms with E-state index in [0.29, 0.717) is 0 Å². The molecule has 0 saturated heterocycles. The minimum Gasteiger partial charge on any atom is -0.272 e. The maximum atomic E-state index is 5.82. The van der Waals surface area contributed by atoms with Gasteiger partial charge in [0.05, 0.1) is 11.7 Å². The Labute approximate surface area is 127 Å². The zero-order chi connectivity index (χ0) is 15.8. The van der Waals surface area contributed by atoms with Crippen molar-refractivity contribution in [1.29, 1.82) is 0 Å². The summed E-state index contributed by atoms with van der Waals surface area (Å²) in [6.45, 7) is 10.8. The second-order valence-electron chi connectivity index (χ2n) is 6.68. The molecular formula is C17H26N4. The van der Waals surface area contributed by atoms with Crippen LogP contribution in [0.4, 0.5) is 0 Å². The molecule has 0 aliphatic heterocycles. The van der Waals surface area contributed by atoms with Crippen LogP contribution in [-0.4, -0.2) is 9.78 Å². The standard InChI is InChI=1S/C17H26N4/c1-11-15(12(2)21(6)20-11)16(19-18)13-7-9-14(10-8-13)17(3,4)5/h7-10,16,19H,18H2,1-6H3. The van der Waals surface area contributed by atoms with Crippen molar-refractivity contribution in [3.05, 3.63) is 52.3 Å². The lowest BCUT2D eigenvalue weighted by molar-refractivity contribution is 0.587. The van der Waals surface area contributed by atoms with Crippen molar-refractivity contribution in [1.82, 2.24) is 15.2 Å². The molecule has 114 valence electrons. The molecule has 0 aliphatic carbocycles. The molecule has 0 bridgehead atoms. The third kappa shape index (κ3) is 3.01. The molecule has 0 saturated carbocycles. The molecule has 1 unspecified atom stereocenters. The van der Waals surface area contributed by atoms with Gasteiger partial charge >= 0.3 is 0 Å². The molecule has 2 aromatic rings. The van der Waals surface area contributed by atoms with E-state index < -0.39 is 0 Å². The lowest BCUT2D eigenvalue weighted by Crippen LogP contribution is -2.29. The maximum absolute atomic E-state index is 5.82. The molecule has 1 aromatic carbocycles. The quantitative estimate of drug-likeness (QED) is 0.674. The molecule has 0 radical (unpaired) electrons. The predicted molar refractivity (Wildman–Crippen MR) is 87.0 cm³/mol. The first-order valence-corrected chi connectivity index (χ1v) is 7.32. The fraction of sp³-hybridized carbons (Fsp3) is 0.471. The Bertz CT molecular complexity index is 617. The van der Waals surface area contributed by atoms with Gasteiger partial charge in [0.1, 0.15) is 0 Å². The van der Waals surface area contributed by atoms with Gasteiger partial charge in [0.15, 0.2) is 0 Å². The molecule has 4 heteroatoms. The lowest BCUT2D eigenvalue weighted by atomic mass is 9.85.